The summed E-state index contributed by atoms with van der Waals surface area (Å²) in [5, 5.41) is 8.89. The fraction of sp³-hybridized carbons (Fsp3) is 0.500. The minimum Gasteiger partial charge on any atom is -0.395 e. The lowest BCUT2D eigenvalue weighted by Crippen LogP contribution is -2.27. The van der Waals surface area contributed by atoms with Gasteiger partial charge in [0.2, 0.25) is 0 Å². The fourth-order valence-electron chi connectivity index (χ4n) is 1.62. The minimum absolute atomic E-state index is 0.0129. The Hall–Kier alpha value is -1.23. The Kier molecular flexibility index (Phi) is 4.81. The third-order valence-corrected chi connectivity index (χ3v) is 2.42. The smallest absolute Gasteiger partial charge is 0.395 e. The van der Waals surface area contributed by atoms with E-state index in [1.165, 1.54) is 12.1 Å². The molecule has 0 saturated heterocycles. The molecule has 1 N–H and O–H groups in total. The van der Waals surface area contributed by atoms with Gasteiger partial charge < -0.3 is 10.0 Å². The maximum atomic E-state index is 12.4. The molecule has 0 aliphatic carbocycles. The number of anilines is 1. The second-order valence-corrected chi connectivity index (χ2v) is 3.76. The van der Waals surface area contributed by atoms with Crippen LogP contribution in [-0.4, -0.2) is 24.8 Å². The van der Waals surface area contributed by atoms with Crippen LogP contribution >= 0.6 is 0 Å². The number of halogens is 3. The van der Waals surface area contributed by atoms with E-state index in [0.717, 1.165) is 18.6 Å². The molecule has 0 bridgehead atoms. The van der Waals surface area contributed by atoms with E-state index >= 15 is 0 Å². The van der Waals surface area contributed by atoms with E-state index in [0.29, 0.717) is 18.8 Å². The first-order valence-electron chi connectivity index (χ1n) is 5.52. The normalized spacial score (nSPS) is 11.6. The van der Waals surface area contributed by atoms with Crippen LogP contribution in [0.1, 0.15) is 18.9 Å². The second kappa shape index (κ2) is 5.91. The zero-order valence-electron chi connectivity index (χ0n) is 9.67. The number of alkyl halides is 3. The van der Waals surface area contributed by atoms with Gasteiger partial charge in [0.25, 0.3) is 0 Å². The molecule has 0 aliphatic rings. The monoisotopic (exact) mass is 247 g/mol. The first kappa shape index (κ1) is 13.8. The van der Waals surface area contributed by atoms with Gasteiger partial charge in [0.1, 0.15) is 0 Å². The average Bonchev–Trinajstić information content (AvgIpc) is 2.28. The SMILES string of the molecule is CCCN(CCO)c1ccc(C(F)(F)F)cc1. The molecular weight excluding hydrogens is 231 g/mol. The summed E-state index contributed by atoms with van der Waals surface area (Å²) in [5.41, 5.74) is 0.0515. The van der Waals surface area contributed by atoms with Crippen LogP contribution in [0.2, 0.25) is 0 Å². The minimum atomic E-state index is -4.30. The molecule has 0 heterocycles. The number of rotatable bonds is 5. The summed E-state index contributed by atoms with van der Waals surface area (Å²) in [4.78, 5) is 1.86. The molecule has 0 amide bonds. The van der Waals surface area contributed by atoms with Crippen LogP contribution in [0.5, 0.6) is 0 Å². The highest BCUT2D eigenvalue weighted by Gasteiger charge is 2.30. The van der Waals surface area contributed by atoms with Crippen molar-refractivity contribution in [2.75, 3.05) is 24.6 Å². The Labute approximate surface area is 98.7 Å². The van der Waals surface area contributed by atoms with Crippen molar-refractivity contribution in [2.24, 2.45) is 0 Å². The zero-order chi connectivity index (χ0) is 12.9. The maximum absolute atomic E-state index is 12.4. The lowest BCUT2D eigenvalue weighted by molar-refractivity contribution is -0.137. The Morgan fingerprint density at radius 1 is 1.12 bits per heavy atom. The number of hydrogen-bond donors (Lipinski definition) is 1. The highest BCUT2D eigenvalue weighted by atomic mass is 19.4. The van der Waals surface area contributed by atoms with Crippen molar-refractivity contribution in [2.45, 2.75) is 19.5 Å². The van der Waals surface area contributed by atoms with Crippen LogP contribution < -0.4 is 4.90 Å². The van der Waals surface area contributed by atoms with Crippen LogP contribution in [0.15, 0.2) is 24.3 Å². The zero-order valence-corrected chi connectivity index (χ0v) is 9.67. The fourth-order valence-corrected chi connectivity index (χ4v) is 1.62. The first-order valence-corrected chi connectivity index (χ1v) is 5.52. The van der Waals surface area contributed by atoms with Crippen molar-refractivity contribution in [3.05, 3.63) is 29.8 Å². The van der Waals surface area contributed by atoms with Crippen molar-refractivity contribution in [3.63, 3.8) is 0 Å². The number of hydrogen-bond acceptors (Lipinski definition) is 2. The van der Waals surface area contributed by atoms with Crippen LogP contribution in [0.25, 0.3) is 0 Å². The van der Waals surface area contributed by atoms with Crippen LogP contribution in [-0.2, 0) is 6.18 Å². The molecule has 0 atom stereocenters. The number of aliphatic hydroxyl groups is 1. The molecule has 1 aromatic rings. The third kappa shape index (κ3) is 3.93. The highest BCUT2D eigenvalue weighted by molar-refractivity contribution is 5.48. The molecule has 5 heteroatoms. The molecular formula is C12H16F3NO. The number of benzene rings is 1. The van der Waals surface area contributed by atoms with E-state index in [4.69, 9.17) is 5.11 Å². The topological polar surface area (TPSA) is 23.5 Å². The van der Waals surface area contributed by atoms with Crippen molar-refractivity contribution in [1.29, 1.82) is 0 Å². The van der Waals surface area contributed by atoms with E-state index in [1.807, 2.05) is 11.8 Å². The van der Waals surface area contributed by atoms with Gasteiger partial charge in [-0.1, -0.05) is 6.92 Å². The Morgan fingerprint density at radius 3 is 2.12 bits per heavy atom. The summed E-state index contributed by atoms with van der Waals surface area (Å²) in [6.07, 6.45) is -3.42. The van der Waals surface area contributed by atoms with E-state index in [1.54, 1.807) is 0 Å². The molecule has 0 fully saturated rings. The lowest BCUT2D eigenvalue weighted by atomic mass is 10.2. The molecule has 96 valence electrons. The van der Waals surface area contributed by atoms with E-state index in [-0.39, 0.29) is 6.61 Å². The van der Waals surface area contributed by atoms with Crippen molar-refractivity contribution in [1.82, 2.24) is 0 Å². The van der Waals surface area contributed by atoms with Crippen molar-refractivity contribution in [3.8, 4) is 0 Å². The van der Waals surface area contributed by atoms with Gasteiger partial charge in [-0.25, -0.2) is 0 Å². The highest BCUT2D eigenvalue weighted by Crippen LogP contribution is 2.30. The Morgan fingerprint density at radius 2 is 1.71 bits per heavy atom. The van der Waals surface area contributed by atoms with Crippen LogP contribution in [0.4, 0.5) is 18.9 Å². The van der Waals surface area contributed by atoms with Gasteiger partial charge in [-0.3, -0.25) is 0 Å². The summed E-state index contributed by atoms with van der Waals surface area (Å²) < 4.78 is 37.1. The molecule has 1 aromatic carbocycles. The first-order chi connectivity index (χ1) is 7.99. The predicted octanol–water partition coefficient (Wildman–Crippen LogP) is 2.91. The number of aliphatic hydroxyl groups excluding tert-OH is 1. The van der Waals surface area contributed by atoms with E-state index < -0.39 is 11.7 Å². The third-order valence-electron chi connectivity index (χ3n) is 2.42. The molecule has 1 rings (SSSR count). The molecule has 0 aliphatic heterocycles. The molecule has 0 unspecified atom stereocenters. The van der Waals surface area contributed by atoms with Crippen LogP contribution in [0.3, 0.4) is 0 Å². The van der Waals surface area contributed by atoms with Gasteiger partial charge in [-0.2, -0.15) is 13.2 Å². The summed E-state index contributed by atoms with van der Waals surface area (Å²) >= 11 is 0. The van der Waals surface area contributed by atoms with E-state index in [2.05, 4.69) is 0 Å². The molecule has 0 aromatic heterocycles. The van der Waals surface area contributed by atoms with Gasteiger partial charge in [-0.05, 0) is 30.7 Å². The summed E-state index contributed by atoms with van der Waals surface area (Å²) in [5.74, 6) is 0. The standard InChI is InChI=1S/C12H16F3NO/c1-2-7-16(8-9-17)11-5-3-10(4-6-11)12(13,14)15/h3-6,17H,2,7-9H2,1H3. The largest absolute Gasteiger partial charge is 0.416 e. The van der Waals surface area contributed by atoms with Gasteiger partial charge in [-0.15, -0.1) is 0 Å². The summed E-state index contributed by atoms with van der Waals surface area (Å²) in [6.45, 7) is 3.11. The predicted molar refractivity (Wildman–Crippen MR) is 61.0 cm³/mol. The van der Waals surface area contributed by atoms with Gasteiger partial charge in [0.15, 0.2) is 0 Å². The van der Waals surface area contributed by atoms with Gasteiger partial charge in [0.05, 0.1) is 12.2 Å². The Bertz CT molecular complexity index is 329. The van der Waals surface area contributed by atoms with Crippen LogP contribution in [0, 0.1) is 0 Å². The molecule has 2 nitrogen and oxygen atoms in total. The maximum Gasteiger partial charge on any atom is 0.416 e. The van der Waals surface area contributed by atoms with Gasteiger partial charge >= 0.3 is 6.18 Å². The van der Waals surface area contributed by atoms with Gasteiger partial charge in [0, 0.05) is 18.8 Å². The lowest BCUT2D eigenvalue weighted by Gasteiger charge is -2.23. The molecule has 17 heavy (non-hydrogen) atoms. The van der Waals surface area contributed by atoms with Crippen molar-refractivity contribution >= 4 is 5.69 Å². The quantitative estimate of drug-likeness (QED) is 0.864. The number of nitrogens with zero attached hydrogens (tertiary/aromatic N) is 1. The summed E-state index contributed by atoms with van der Waals surface area (Å²) in [7, 11) is 0. The van der Waals surface area contributed by atoms with E-state index in [9.17, 15) is 13.2 Å². The molecule has 0 saturated carbocycles. The second-order valence-electron chi connectivity index (χ2n) is 3.76. The summed E-state index contributed by atoms with van der Waals surface area (Å²) in [6, 6.07) is 5.01. The average molecular weight is 247 g/mol. The Balaban J connectivity index is 2.84. The molecule has 0 radical (unpaired) electrons. The van der Waals surface area contributed by atoms with Crippen molar-refractivity contribution < 1.29 is 18.3 Å². The molecule has 0 spiro atoms.